The number of nitrogens with zero attached hydrogens (tertiary/aromatic N) is 6. The fraction of sp³-hybridized carbons (Fsp3) is 0.500. The first-order chi connectivity index (χ1) is 13.5. The first kappa shape index (κ1) is 18.4. The van der Waals surface area contributed by atoms with E-state index in [1.807, 2.05) is 18.4 Å². The molecule has 4 rings (SSSR count). The van der Waals surface area contributed by atoms with Gasteiger partial charge in [-0.1, -0.05) is 5.16 Å². The summed E-state index contributed by atoms with van der Waals surface area (Å²) in [5.74, 6) is 0.504. The molecule has 0 spiro atoms. The van der Waals surface area contributed by atoms with Gasteiger partial charge in [-0.15, -0.1) is 0 Å². The summed E-state index contributed by atoms with van der Waals surface area (Å²) in [4.78, 5) is 27.8. The van der Waals surface area contributed by atoms with Crippen LogP contribution in [-0.4, -0.2) is 62.4 Å². The summed E-state index contributed by atoms with van der Waals surface area (Å²) in [6, 6.07) is 0. The second kappa shape index (κ2) is 7.19. The summed E-state index contributed by atoms with van der Waals surface area (Å²) in [6.45, 7) is 8.71. The molecule has 1 aliphatic rings. The minimum absolute atomic E-state index is 0.278. The number of anilines is 1. The van der Waals surface area contributed by atoms with E-state index in [2.05, 4.69) is 30.3 Å². The van der Waals surface area contributed by atoms with E-state index in [0.29, 0.717) is 37.5 Å². The smallest absolute Gasteiger partial charge is 0.273 e. The van der Waals surface area contributed by atoms with Gasteiger partial charge in [0.2, 0.25) is 0 Å². The van der Waals surface area contributed by atoms with Gasteiger partial charge in [0.05, 0.1) is 19.5 Å². The maximum Gasteiger partial charge on any atom is 0.273 e. The minimum Gasteiger partial charge on any atom is -0.370 e. The van der Waals surface area contributed by atoms with E-state index in [9.17, 15) is 4.79 Å². The van der Waals surface area contributed by atoms with Crippen molar-refractivity contribution >= 4 is 22.9 Å². The molecule has 10 heteroatoms. The molecular weight excluding hydrogens is 362 g/mol. The Hall–Kier alpha value is -3.01. The molecule has 0 radical (unpaired) electrons. The number of aromatic nitrogens is 5. The third kappa shape index (κ3) is 3.31. The van der Waals surface area contributed by atoms with E-state index < -0.39 is 5.60 Å². The zero-order chi connectivity index (χ0) is 19.7. The predicted octanol–water partition coefficient (Wildman–Crippen LogP) is 1.17. The number of nitrogens with one attached hydrogen (secondary N) is 1. The van der Waals surface area contributed by atoms with Crippen molar-refractivity contribution in [2.75, 3.05) is 31.1 Å². The number of carbonyl (C=O) groups is 1. The quantitative estimate of drug-likeness (QED) is 0.697. The fourth-order valence-electron chi connectivity index (χ4n) is 3.41. The van der Waals surface area contributed by atoms with E-state index in [1.165, 1.54) is 6.26 Å². The summed E-state index contributed by atoms with van der Waals surface area (Å²) in [6.07, 6.45) is 4.79. The summed E-state index contributed by atoms with van der Waals surface area (Å²) < 4.78 is 12.8. The van der Waals surface area contributed by atoms with Crippen molar-refractivity contribution in [2.24, 2.45) is 0 Å². The standard InChI is InChI=1S/C18H23N7O3/c1-4-24-11-22-14-15(24)20-10-21-16(14)25-5-6-27-18(3,9-25)8-19-17(26)13-12(2)7-28-23-13/h7,10-11H,4-6,8-9H2,1-3H3,(H,19,26). The summed E-state index contributed by atoms with van der Waals surface area (Å²) in [5.41, 5.74) is 2.00. The molecule has 10 nitrogen and oxygen atoms in total. The van der Waals surface area contributed by atoms with Crippen molar-refractivity contribution < 1.29 is 14.1 Å². The molecule has 1 unspecified atom stereocenters. The van der Waals surface area contributed by atoms with Crippen molar-refractivity contribution in [3.05, 3.63) is 30.2 Å². The Morgan fingerprint density at radius 1 is 1.36 bits per heavy atom. The summed E-state index contributed by atoms with van der Waals surface area (Å²) >= 11 is 0. The highest BCUT2D eigenvalue weighted by Crippen LogP contribution is 2.26. The normalized spacial score (nSPS) is 19.9. The topological polar surface area (TPSA) is 111 Å². The second-order valence-electron chi connectivity index (χ2n) is 7.15. The minimum atomic E-state index is -0.573. The highest BCUT2D eigenvalue weighted by Gasteiger charge is 2.34. The Morgan fingerprint density at radius 2 is 2.21 bits per heavy atom. The highest BCUT2D eigenvalue weighted by molar-refractivity contribution is 5.93. The van der Waals surface area contributed by atoms with Crippen LogP contribution in [0.4, 0.5) is 5.82 Å². The molecular formula is C18H23N7O3. The number of hydrogen-bond acceptors (Lipinski definition) is 8. The van der Waals surface area contributed by atoms with E-state index in [-0.39, 0.29) is 5.91 Å². The van der Waals surface area contributed by atoms with Crippen molar-refractivity contribution in [3.63, 3.8) is 0 Å². The Kier molecular flexibility index (Phi) is 4.71. The van der Waals surface area contributed by atoms with Gasteiger partial charge >= 0.3 is 0 Å². The number of imidazole rings is 1. The molecule has 0 aliphatic carbocycles. The Labute approximate surface area is 161 Å². The molecule has 1 N–H and O–H groups in total. The molecule has 3 aromatic rings. The monoisotopic (exact) mass is 385 g/mol. The number of aryl methyl sites for hydroxylation is 2. The molecule has 1 fully saturated rings. The lowest BCUT2D eigenvalue weighted by molar-refractivity contribution is -0.0394. The Bertz CT molecular complexity index is 998. The van der Waals surface area contributed by atoms with Crippen molar-refractivity contribution in [1.29, 1.82) is 0 Å². The molecule has 1 saturated heterocycles. The SMILES string of the molecule is CCn1cnc2c(N3CCOC(C)(CNC(=O)c4nocc4C)C3)ncnc21. The van der Waals surface area contributed by atoms with Crippen molar-refractivity contribution in [1.82, 2.24) is 30.0 Å². The number of ether oxygens (including phenoxy) is 1. The molecule has 3 aromatic heterocycles. The average Bonchev–Trinajstić information content (AvgIpc) is 3.32. The van der Waals surface area contributed by atoms with Crippen LogP contribution < -0.4 is 10.2 Å². The van der Waals surface area contributed by atoms with Gasteiger partial charge in [-0.25, -0.2) is 15.0 Å². The van der Waals surface area contributed by atoms with Crippen LogP contribution in [-0.2, 0) is 11.3 Å². The number of fused-ring (bicyclic) bond motifs is 1. The summed E-state index contributed by atoms with van der Waals surface area (Å²) in [7, 11) is 0. The van der Waals surface area contributed by atoms with Crippen LogP contribution >= 0.6 is 0 Å². The molecule has 28 heavy (non-hydrogen) atoms. The lowest BCUT2D eigenvalue weighted by Gasteiger charge is -2.41. The van der Waals surface area contributed by atoms with Gasteiger partial charge in [0.15, 0.2) is 22.7 Å². The molecule has 0 saturated carbocycles. The van der Waals surface area contributed by atoms with Gasteiger partial charge in [0.25, 0.3) is 5.91 Å². The lowest BCUT2D eigenvalue weighted by atomic mass is 10.0. The Morgan fingerprint density at radius 3 is 2.96 bits per heavy atom. The van der Waals surface area contributed by atoms with Gasteiger partial charge in [-0.2, -0.15) is 0 Å². The largest absolute Gasteiger partial charge is 0.370 e. The van der Waals surface area contributed by atoms with E-state index in [4.69, 9.17) is 9.26 Å². The first-order valence-electron chi connectivity index (χ1n) is 9.24. The van der Waals surface area contributed by atoms with Gasteiger partial charge in [-0.3, -0.25) is 4.79 Å². The third-order valence-electron chi connectivity index (χ3n) is 4.94. The fourth-order valence-corrected chi connectivity index (χ4v) is 3.41. The third-order valence-corrected chi connectivity index (χ3v) is 4.94. The molecule has 0 bridgehead atoms. The predicted molar refractivity (Wildman–Crippen MR) is 101 cm³/mol. The van der Waals surface area contributed by atoms with Crippen LogP contribution in [0, 0.1) is 6.92 Å². The number of carbonyl (C=O) groups excluding carboxylic acids is 1. The zero-order valence-electron chi connectivity index (χ0n) is 16.2. The van der Waals surface area contributed by atoms with Crippen molar-refractivity contribution in [2.45, 2.75) is 32.9 Å². The van der Waals surface area contributed by atoms with Crippen LogP contribution in [0.3, 0.4) is 0 Å². The molecule has 0 aromatic carbocycles. The Balaban J connectivity index is 1.50. The van der Waals surface area contributed by atoms with Gasteiger partial charge in [-0.05, 0) is 20.8 Å². The maximum absolute atomic E-state index is 12.3. The van der Waals surface area contributed by atoms with Crippen LogP contribution in [0.15, 0.2) is 23.4 Å². The molecule has 1 aliphatic heterocycles. The molecule has 148 valence electrons. The van der Waals surface area contributed by atoms with Crippen molar-refractivity contribution in [3.8, 4) is 0 Å². The van der Waals surface area contributed by atoms with E-state index in [0.717, 1.165) is 23.5 Å². The first-order valence-corrected chi connectivity index (χ1v) is 9.24. The zero-order valence-corrected chi connectivity index (χ0v) is 16.2. The number of hydrogen-bond donors (Lipinski definition) is 1. The van der Waals surface area contributed by atoms with Crippen LogP contribution in [0.1, 0.15) is 29.9 Å². The van der Waals surface area contributed by atoms with Gasteiger partial charge < -0.3 is 24.0 Å². The van der Waals surface area contributed by atoms with Crippen LogP contribution in [0.5, 0.6) is 0 Å². The molecule has 1 amide bonds. The summed E-state index contributed by atoms with van der Waals surface area (Å²) in [5, 5.41) is 6.64. The molecule has 1 atom stereocenters. The lowest BCUT2D eigenvalue weighted by Crippen LogP contribution is -2.56. The average molecular weight is 385 g/mol. The number of morpholine rings is 1. The highest BCUT2D eigenvalue weighted by atomic mass is 16.5. The van der Waals surface area contributed by atoms with Crippen LogP contribution in [0.2, 0.25) is 0 Å². The number of rotatable bonds is 5. The maximum atomic E-state index is 12.3. The van der Waals surface area contributed by atoms with Gasteiger partial charge in [0, 0.05) is 25.2 Å². The molecule has 4 heterocycles. The number of amides is 1. The van der Waals surface area contributed by atoms with Crippen LogP contribution in [0.25, 0.3) is 11.2 Å². The van der Waals surface area contributed by atoms with E-state index in [1.54, 1.807) is 19.6 Å². The second-order valence-corrected chi connectivity index (χ2v) is 7.15. The van der Waals surface area contributed by atoms with Gasteiger partial charge in [0.1, 0.15) is 18.2 Å². The van der Waals surface area contributed by atoms with E-state index >= 15 is 0 Å².